The maximum atomic E-state index is 13.3. The summed E-state index contributed by atoms with van der Waals surface area (Å²) in [6.45, 7) is 1.96. The fourth-order valence-electron chi connectivity index (χ4n) is 6.65. The Balaban J connectivity index is 1.41. The van der Waals surface area contributed by atoms with Crippen molar-refractivity contribution < 1.29 is 34.0 Å². The molecule has 0 saturated carbocycles. The monoisotopic (exact) mass is 477 g/mol. The molecule has 4 aliphatic rings. The van der Waals surface area contributed by atoms with Gasteiger partial charge in [-0.05, 0) is 44.1 Å². The number of phenols is 1. The molecule has 2 heterocycles. The summed E-state index contributed by atoms with van der Waals surface area (Å²) in [5.41, 5.74) is 0.319. The van der Waals surface area contributed by atoms with Gasteiger partial charge in [-0.1, -0.05) is 36.4 Å². The molecule has 2 bridgehead atoms. The van der Waals surface area contributed by atoms with Crippen molar-refractivity contribution in [1.82, 2.24) is 4.90 Å². The molecule has 8 nitrogen and oxygen atoms in total. The zero-order valence-electron chi connectivity index (χ0n) is 19.6. The van der Waals surface area contributed by atoms with Gasteiger partial charge in [0.2, 0.25) is 6.10 Å². The van der Waals surface area contributed by atoms with Crippen LogP contribution in [0.5, 0.6) is 11.5 Å². The van der Waals surface area contributed by atoms with Crippen LogP contribution < -0.4 is 4.74 Å². The Hall–Kier alpha value is -3.36. The predicted molar refractivity (Wildman–Crippen MR) is 124 cm³/mol. The second kappa shape index (κ2) is 7.57. The first-order valence-electron chi connectivity index (χ1n) is 11.8. The zero-order chi connectivity index (χ0) is 24.5. The lowest BCUT2D eigenvalue weighted by Gasteiger charge is -2.61. The quantitative estimate of drug-likeness (QED) is 0.648. The molecule has 2 aromatic carbocycles. The fourth-order valence-corrected chi connectivity index (χ4v) is 6.65. The molecule has 1 saturated heterocycles. The molecule has 2 N–H and O–H groups in total. The van der Waals surface area contributed by atoms with Gasteiger partial charge in [-0.2, -0.15) is 0 Å². The summed E-state index contributed by atoms with van der Waals surface area (Å²) >= 11 is 0. The van der Waals surface area contributed by atoms with E-state index < -0.39 is 35.2 Å². The van der Waals surface area contributed by atoms with Gasteiger partial charge in [0.05, 0.1) is 11.0 Å². The largest absolute Gasteiger partial charge is 0.504 e. The number of benzene rings is 2. The molecule has 1 fully saturated rings. The van der Waals surface area contributed by atoms with Gasteiger partial charge in [0.25, 0.3) is 0 Å². The van der Waals surface area contributed by atoms with Crippen molar-refractivity contribution in [3.05, 3.63) is 71.0 Å². The average molecular weight is 478 g/mol. The van der Waals surface area contributed by atoms with Crippen molar-refractivity contribution in [2.45, 2.75) is 55.5 Å². The van der Waals surface area contributed by atoms with E-state index in [0.717, 1.165) is 17.7 Å². The van der Waals surface area contributed by atoms with Crippen molar-refractivity contribution in [2.24, 2.45) is 0 Å². The highest BCUT2D eigenvalue weighted by Gasteiger charge is 2.72. The number of rotatable bonds is 4. The Bertz CT molecular complexity index is 1260. The summed E-state index contributed by atoms with van der Waals surface area (Å²) in [6.07, 6.45) is 1.15. The number of phenolic OH excluding ortho intramolecular Hbond substituents is 1. The second-order valence-electron chi connectivity index (χ2n) is 9.92. The normalized spacial score (nSPS) is 31.0. The molecular formula is C27H27NO7. The maximum absolute atomic E-state index is 13.3. The summed E-state index contributed by atoms with van der Waals surface area (Å²) in [4.78, 5) is 27.3. The highest BCUT2D eigenvalue weighted by atomic mass is 16.6. The van der Waals surface area contributed by atoms with Crippen molar-refractivity contribution >= 4 is 11.9 Å². The first-order chi connectivity index (χ1) is 16.8. The van der Waals surface area contributed by atoms with E-state index in [1.165, 1.54) is 6.92 Å². The maximum Gasteiger partial charge on any atom is 0.357 e. The Morgan fingerprint density at radius 2 is 1.97 bits per heavy atom. The minimum absolute atomic E-state index is 0.00000434. The molecule has 1 spiro atoms. The number of piperidine rings is 1. The summed E-state index contributed by atoms with van der Waals surface area (Å²) in [5.74, 6) is -0.744. The van der Waals surface area contributed by atoms with Crippen LogP contribution in [0.2, 0.25) is 0 Å². The fraction of sp³-hybridized carbons (Fsp3) is 0.407. The molecule has 35 heavy (non-hydrogen) atoms. The summed E-state index contributed by atoms with van der Waals surface area (Å²) < 4.78 is 17.5. The van der Waals surface area contributed by atoms with E-state index in [0.29, 0.717) is 24.2 Å². The van der Waals surface area contributed by atoms with Gasteiger partial charge in [-0.15, -0.1) is 0 Å². The van der Waals surface area contributed by atoms with Crippen LogP contribution in [-0.2, 0) is 30.9 Å². The van der Waals surface area contributed by atoms with Gasteiger partial charge < -0.3 is 29.3 Å². The molecule has 182 valence electrons. The number of esters is 2. The van der Waals surface area contributed by atoms with Crippen LogP contribution in [0, 0.1) is 0 Å². The lowest BCUT2D eigenvalue weighted by atomic mass is 9.50. The summed E-state index contributed by atoms with van der Waals surface area (Å²) in [5, 5.41) is 22.8. The van der Waals surface area contributed by atoms with E-state index in [-0.39, 0.29) is 24.0 Å². The predicted octanol–water partition coefficient (Wildman–Crippen LogP) is 2.52. The number of nitrogens with zero attached hydrogens (tertiary/aromatic N) is 1. The molecule has 8 heteroatoms. The number of aromatic hydroxyl groups is 1. The highest BCUT2D eigenvalue weighted by Crippen LogP contribution is 2.65. The number of carbonyl (C=O) groups is 2. The van der Waals surface area contributed by atoms with Gasteiger partial charge in [0, 0.05) is 30.5 Å². The standard InChI is InChI=1S/C27H27NO7/c1-15(29)33-22(16-6-4-3-5-7-16)25(31)34-19-10-11-27(32)20-14-17-8-9-18(30)23-21(17)26(27,24(19)35-23)12-13-28(20)2/h3-10,20,22,24,30,32H,11-14H2,1-2H3/t20-,22-,24-,26-,27+/m0/s1. The van der Waals surface area contributed by atoms with Gasteiger partial charge in [-0.25, -0.2) is 4.79 Å². The Labute approximate surface area is 202 Å². The van der Waals surface area contributed by atoms with Gasteiger partial charge in [0.15, 0.2) is 17.6 Å². The van der Waals surface area contributed by atoms with Crippen LogP contribution in [0.25, 0.3) is 0 Å². The number of hydrogen-bond donors (Lipinski definition) is 2. The van der Waals surface area contributed by atoms with Gasteiger partial charge >= 0.3 is 11.9 Å². The second-order valence-corrected chi connectivity index (χ2v) is 9.92. The van der Waals surface area contributed by atoms with Crippen LogP contribution >= 0.6 is 0 Å². The molecule has 2 aromatic rings. The molecule has 0 unspecified atom stereocenters. The van der Waals surface area contributed by atoms with E-state index in [1.807, 2.05) is 13.1 Å². The first-order valence-corrected chi connectivity index (χ1v) is 11.8. The van der Waals surface area contributed by atoms with Crippen molar-refractivity contribution in [3.63, 3.8) is 0 Å². The van der Waals surface area contributed by atoms with E-state index in [1.54, 1.807) is 42.5 Å². The minimum Gasteiger partial charge on any atom is -0.504 e. The van der Waals surface area contributed by atoms with Crippen molar-refractivity contribution in [1.29, 1.82) is 0 Å². The van der Waals surface area contributed by atoms with Crippen LogP contribution in [-0.4, -0.2) is 58.4 Å². The lowest BCUT2D eigenvalue weighted by molar-refractivity contribution is -0.176. The summed E-state index contributed by atoms with van der Waals surface area (Å²) in [6, 6.07) is 12.0. The molecular weight excluding hydrogens is 450 g/mol. The molecule has 0 amide bonds. The third kappa shape index (κ3) is 2.93. The Morgan fingerprint density at radius 3 is 2.71 bits per heavy atom. The number of aliphatic hydroxyl groups is 1. The Morgan fingerprint density at radius 1 is 1.20 bits per heavy atom. The molecule has 0 radical (unpaired) electrons. The molecule has 2 aliphatic carbocycles. The lowest BCUT2D eigenvalue weighted by Crippen LogP contribution is -2.74. The van der Waals surface area contributed by atoms with E-state index >= 15 is 0 Å². The molecule has 0 aromatic heterocycles. The van der Waals surface area contributed by atoms with Crippen LogP contribution in [0.1, 0.15) is 42.6 Å². The number of carbonyl (C=O) groups excluding carboxylic acids is 2. The smallest absolute Gasteiger partial charge is 0.357 e. The number of likely N-dealkylation sites (tertiary alicyclic amines) is 1. The molecule has 2 aliphatic heterocycles. The molecule has 5 atom stereocenters. The number of likely N-dealkylation sites (N-methyl/N-ethyl adjacent to an activating group) is 1. The van der Waals surface area contributed by atoms with Crippen LogP contribution in [0.3, 0.4) is 0 Å². The van der Waals surface area contributed by atoms with Crippen molar-refractivity contribution in [2.75, 3.05) is 13.6 Å². The first kappa shape index (κ1) is 22.1. The van der Waals surface area contributed by atoms with Crippen molar-refractivity contribution in [3.8, 4) is 11.5 Å². The topological polar surface area (TPSA) is 106 Å². The molecule has 6 rings (SSSR count). The van der Waals surface area contributed by atoms with E-state index in [9.17, 15) is 19.8 Å². The Kier molecular flexibility index (Phi) is 4.78. The van der Waals surface area contributed by atoms with Gasteiger partial charge in [-0.3, -0.25) is 4.79 Å². The van der Waals surface area contributed by atoms with E-state index in [4.69, 9.17) is 14.2 Å². The van der Waals surface area contributed by atoms with Crippen LogP contribution in [0.4, 0.5) is 0 Å². The highest BCUT2D eigenvalue weighted by molar-refractivity contribution is 5.81. The third-order valence-electron chi connectivity index (χ3n) is 8.17. The number of ether oxygens (including phenoxy) is 3. The zero-order valence-corrected chi connectivity index (χ0v) is 19.6. The average Bonchev–Trinajstić information content (AvgIpc) is 3.20. The SMILES string of the molecule is CC(=O)O[C@H](C(=O)OC1=CC[C@@]2(O)[C@@H]3Cc4ccc(O)c5c4[C@@]2(CCN3C)[C@H]1O5)c1ccccc1. The minimum atomic E-state index is -1.24. The summed E-state index contributed by atoms with van der Waals surface area (Å²) in [7, 11) is 2.01. The third-order valence-corrected chi connectivity index (χ3v) is 8.17. The number of hydrogen-bond acceptors (Lipinski definition) is 8. The van der Waals surface area contributed by atoms with Crippen LogP contribution in [0.15, 0.2) is 54.3 Å². The van der Waals surface area contributed by atoms with E-state index in [2.05, 4.69) is 4.90 Å². The van der Waals surface area contributed by atoms with Gasteiger partial charge in [0.1, 0.15) is 5.76 Å².